The van der Waals surface area contributed by atoms with Crippen LogP contribution in [0.5, 0.6) is 0 Å². The van der Waals surface area contributed by atoms with E-state index in [2.05, 4.69) is 12.2 Å². The summed E-state index contributed by atoms with van der Waals surface area (Å²) in [5, 5.41) is 3.18. The fourth-order valence-corrected chi connectivity index (χ4v) is 5.69. The minimum Gasteiger partial charge on any atom is -0.348 e. The SMILES string of the molecule is CC(=O)c1ccc(S(=O)(=O)N2CC[NH+](CC(=O)N[C@@H]3CCCC[C@@H]3C)CC2)cc1. The van der Waals surface area contributed by atoms with Crippen molar-refractivity contribution in [2.75, 3.05) is 32.7 Å². The second-order valence-corrected chi connectivity index (χ2v) is 10.3. The molecular formula is C21H32N3O4S+. The van der Waals surface area contributed by atoms with Gasteiger partial charge in [0.05, 0.1) is 31.1 Å². The Labute approximate surface area is 173 Å². The number of benzene rings is 1. The summed E-state index contributed by atoms with van der Waals surface area (Å²) >= 11 is 0. The van der Waals surface area contributed by atoms with E-state index in [1.165, 1.54) is 42.6 Å². The van der Waals surface area contributed by atoms with E-state index in [-0.39, 0.29) is 22.6 Å². The van der Waals surface area contributed by atoms with Gasteiger partial charge in [-0.3, -0.25) is 9.59 Å². The van der Waals surface area contributed by atoms with Gasteiger partial charge in [-0.15, -0.1) is 0 Å². The lowest BCUT2D eigenvalue weighted by atomic mass is 9.86. The first-order valence-electron chi connectivity index (χ1n) is 10.5. The molecular weight excluding hydrogens is 390 g/mol. The Morgan fingerprint density at radius 3 is 2.31 bits per heavy atom. The minimum atomic E-state index is -3.58. The first kappa shape index (κ1) is 21.9. The van der Waals surface area contributed by atoms with E-state index in [0.717, 1.165) is 11.3 Å². The minimum absolute atomic E-state index is 0.0647. The average Bonchev–Trinajstić information content (AvgIpc) is 2.70. The second-order valence-electron chi connectivity index (χ2n) is 8.35. The van der Waals surface area contributed by atoms with Crippen LogP contribution in [0.3, 0.4) is 0 Å². The molecule has 8 heteroatoms. The molecule has 1 heterocycles. The molecule has 0 unspecified atom stereocenters. The summed E-state index contributed by atoms with van der Waals surface area (Å²) in [6.45, 7) is 6.04. The van der Waals surface area contributed by atoms with E-state index < -0.39 is 10.0 Å². The Kier molecular flexibility index (Phi) is 7.08. The molecule has 1 amide bonds. The molecule has 2 aliphatic rings. The van der Waals surface area contributed by atoms with Gasteiger partial charge in [-0.25, -0.2) is 8.42 Å². The molecule has 1 aromatic rings. The van der Waals surface area contributed by atoms with Gasteiger partial charge in [-0.1, -0.05) is 31.9 Å². The second kappa shape index (κ2) is 9.36. The number of carbonyl (C=O) groups excluding carboxylic acids is 2. The molecule has 29 heavy (non-hydrogen) atoms. The van der Waals surface area contributed by atoms with Gasteiger partial charge in [0.15, 0.2) is 12.3 Å². The fraction of sp³-hybridized carbons (Fsp3) is 0.619. The molecule has 0 spiro atoms. The van der Waals surface area contributed by atoms with Gasteiger partial charge in [0.25, 0.3) is 5.91 Å². The molecule has 3 rings (SSSR count). The topological polar surface area (TPSA) is 88.0 Å². The molecule has 1 saturated heterocycles. The van der Waals surface area contributed by atoms with Gasteiger partial charge >= 0.3 is 0 Å². The van der Waals surface area contributed by atoms with E-state index in [1.807, 2.05) is 0 Å². The van der Waals surface area contributed by atoms with Crippen molar-refractivity contribution in [1.29, 1.82) is 0 Å². The summed E-state index contributed by atoms with van der Waals surface area (Å²) < 4.78 is 27.2. The van der Waals surface area contributed by atoms with E-state index in [1.54, 1.807) is 12.1 Å². The van der Waals surface area contributed by atoms with Crippen LogP contribution in [0.25, 0.3) is 0 Å². The first-order valence-corrected chi connectivity index (χ1v) is 12.0. The molecule has 7 nitrogen and oxygen atoms in total. The molecule has 1 aliphatic carbocycles. The number of Topliss-reactive ketones (excluding diaryl/α,β-unsaturated/α-hetero) is 1. The number of nitrogens with zero attached hydrogens (tertiary/aromatic N) is 1. The number of quaternary nitrogens is 1. The van der Waals surface area contributed by atoms with Crippen molar-refractivity contribution < 1.29 is 22.9 Å². The largest absolute Gasteiger partial charge is 0.348 e. The van der Waals surface area contributed by atoms with E-state index in [9.17, 15) is 18.0 Å². The van der Waals surface area contributed by atoms with Crippen LogP contribution in [0, 0.1) is 5.92 Å². The number of ketones is 1. The number of piperazine rings is 1. The smallest absolute Gasteiger partial charge is 0.275 e. The maximum atomic E-state index is 12.8. The monoisotopic (exact) mass is 422 g/mol. The number of nitrogens with one attached hydrogen (secondary N) is 2. The standard InChI is InChI=1S/C21H31N3O4S/c1-16-5-3-4-6-20(16)22-21(26)15-23-11-13-24(14-12-23)29(27,28)19-9-7-18(8-10-19)17(2)25/h7-10,16,20H,3-6,11-15H2,1-2H3,(H,22,26)/p+1/t16-,20+/m0/s1. The van der Waals surface area contributed by atoms with Gasteiger partial charge in [0.2, 0.25) is 10.0 Å². The summed E-state index contributed by atoms with van der Waals surface area (Å²) in [5.41, 5.74) is 0.497. The van der Waals surface area contributed by atoms with Crippen LogP contribution >= 0.6 is 0 Å². The molecule has 160 valence electrons. The van der Waals surface area contributed by atoms with Gasteiger partial charge in [-0.2, -0.15) is 4.31 Å². The lowest BCUT2D eigenvalue weighted by Gasteiger charge is -2.33. The van der Waals surface area contributed by atoms with Crippen molar-refractivity contribution in [2.24, 2.45) is 5.92 Å². The summed E-state index contributed by atoms with van der Waals surface area (Å²) in [5.74, 6) is 0.501. The van der Waals surface area contributed by atoms with Crippen LogP contribution in [0.2, 0.25) is 0 Å². The number of carbonyl (C=O) groups is 2. The predicted octanol–water partition coefficient (Wildman–Crippen LogP) is 0.473. The summed E-state index contributed by atoms with van der Waals surface area (Å²) in [6.07, 6.45) is 4.64. The number of sulfonamides is 1. The summed E-state index contributed by atoms with van der Waals surface area (Å²) in [4.78, 5) is 25.1. The molecule has 2 N–H and O–H groups in total. The average molecular weight is 423 g/mol. The third-order valence-electron chi connectivity index (χ3n) is 6.20. The molecule has 0 aromatic heterocycles. The van der Waals surface area contributed by atoms with Crippen molar-refractivity contribution in [3.63, 3.8) is 0 Å². The number of hydrogen-bond donors (Lipinski definition) is 2. The number of amides is 1. The zero-order valence-electron chi connectivity index (χ0n) is 17.3. The predicted molar refractivity (Wildman–Crippen MR) is 110 cm³/mol. The third kappa shape index (κ3) is 5.43. The lowest BCUT2D eigenvalue weighted by Crippen LogP contribution is -3.15. The highest BCUT2D eigenvalue weighted by atomic mass is 32.2. The van der Waals surface area contributed by atoms with Crippen LogP contribution in [-0.2, 0) is 14.8 Å². The van der Waals surface area contributed by atoms with Crippen molar-refractivity contribution >= 4 is 21.7 Å². The summed E-state index contributed by atoms with van der Waals surface area (Å²) in [6, 6.07) is 6.35. The molecule has 2 atom stereocenters. The van der Waals surface area contributed by atoms with Crippen LogP contribution in [0.15, 0.2) is 29.2 Å². The molecule has 0 radical (unpaired) electrons. The highest BCUT2D eigenvalue weighted by Crippen LogP contribution is 2.23. The highest BCUT2D eigenvalue weighted by molar-refractivity contribution is 7.89. The molecule has 0 bridgehead atoms. The van der Waals surface area contributed by atoms with Gasteiger partial charge in [-0.05, 0) is 37.8 Å². The van der Waals surface area contributed by atoms with Crippen LogP contribution in [-0.4, -0.2) is 63.2 Å². The number of hydrogen-bond acceptors (Lipinski definition) is 4. The van der Waals surface area contributed by atoms with Crippen molar-refractivity contribution in [2.45, 2.75) is 50.5 Å². The zero-order valence-corrected chi connectivity index (χ0v) is 18.1. The van der Waals surface area contributed by atoms with Gasteiger partial charge < -0.3 is 10.2 Å². The Morgan fingerprint density at radius 1 is 1.10 bits per heavy atom. The van der Waals surface area contributed by atoms with Crippen molar-refractivity contribution in [3.05, 3.63) is 29.8 Å². The van der Waals surface area contributed by atoms with Gasteiger partial charge in [0.1, 0.15) is 0 Å². The van der Waals surface area contributed by atoms with Crippen LogP contribution in [0.1, 0.15) is 49.9 Å². The van der Waals surface area contributed by atoms with Crippen molar-refractivity contribution in [1.82, 2.24) is 9.62 Å². The van der Waals surface area contributed by atoms with E-state index in [4.69, 9.17) is 0 Å². The Morgan fingerprint density at radius 2 is 1.72 bits per heavy atom. The highest BCUT2D eigenvalue weighted by Gasteiger charge is 2.32. The first-order chi connectivity index (χ1) is 13.8. The Bertz CT molecular complexity index is 830. The van der Waals surface area contributed by atoms with E-state index >= 15 is 0 Å². The van der Waals surface area contributed by atoms with Gasteiger partial charge in [0, 0.05) is 11.6 Å². The lowest BCUT2D eigenvalue weighted by molar-refractivity contribution is -0.895. The van der Waals surface area contributed by atoms with Crippen LogP contribution in [0.4, 0.5) is 0 Å². The maximum Gasteiger partial charge on any atom is 0.275 e. The summed E-state index contributed by atoms with van der Waals surface area (Å²) in [7, 11) is -3.58. The normalized spacial score (nSPS) is 24.2. The maximum absolute atomic E-state index is 12.8. The van der Waals surface area contributed by atoms with Crippen molar-refractivity contribution in [3.8, 4) is 0 Å². The molecule has 1 aromatic carbocycles. The quantitative estimate of drug-likeness (QED) is 0.653. The molecule has 1 saturated carbocycles. The van der Waals surface area contributed by atoms with E-state index in [0.29, 0.717) is 44.2 Å². The fourth-order valence-electron chi connectivity index (χ4n) is 4.25. The molecule has 1 aliphatic heterocycles. The third-order valence-corrected chi connectivity index (χ3v) is 8.11. The van der Waals surface area contributed by atoms with Crippen LogP contribution < -0.4 is 10.2 Å². The zero-order chi connectivity index (χ0) is 21.0. The number of rotatable bonds is 6. The Balaban J connectivity index is 1.51. The Hall–Kier alpha value is -1.77. The molecule has 2 fully saturated rings.